The van der Waals surface area contributed by atoms with Gasteiger partial charge in [0.05, 0.1) is 0 Å². The van der Waals surface area contributed by atoms with Crippen LogP contribution in [-0.4, -0.2) is 29.2 Å². The fourth-order valence-corrected chi connectivity index (χ4v) is 2.35. The molecule has 1 heterocycles. The molecule has 0 aliphatic heterocycles. The molecule has 5 nitrogen and oxygen atoms in total. The molecule has 0 unspecified atom stereocenters. The number of nitrogens with one attached hydrogen (secondary N) is 1. The summed E-state index contributed by atoms with van der Waals surface area (Å²) in [6.45, 7) is 6.12. The van der Waals surface area contributed by atoms with Gasteiger partial charge in [-0.2, -0.15) is 0 Å². The molecule has 1 aromatic carbocycles. The molecule has 2 rings (SSSR count). The maximum Gasteiger partial charge on any atom is 0.276 e. The SMILES string of the molecule is CCCN(CCC)c1ccc(C(=O)Nc2ccc(Cl)cc2)nn1. The Morgan fingerprint density at radius 3 is 2.22 bits per heavy atom. The van der Waals surface area contributed by atoms with Crippen molar-refractivity contribution in [3.8, 4) is 0 Å². The smallest absolute Gasteiger partial charge is 0.276 e. The van der Waals surface area contributed by atoms with Gasteiger partial charge in [0.1, 0.15) is 0 Å². The van der Waals surface area contributed by atoms with Gasteiger partial charge in [-0.1, -0.05) is 25.4 Å². The molecular formula is C17H21ClN4O. The lowest BCUT2D eigenvalue weighted by Gasteiger charge is -2.21. The number of halogens is 1. The van der Waals surface area contributed by atoms with Gasteiger partial charge in [-0.15, -0.1) is 10.2 Å². The molecular weight excluding hydrogens is 312 g/mol. The number of rotatable bonds is 7. The first-order chi connectivity index (χ1) is 11.1. The van der Waals surface area contributed by atoms with E-state index >= 15 is 0 Å². The van der Waals surface area contributed by atoms with Crippen molar-refractivity contribution < 1.29 is 4.79 Å². The Hall–Kier alpha value is -2.14. The fourth-order valence-electron chi connectivity index (χ4n) is 2.22. The normalized spacial score (nSPS) is 10.4. The topological polar surface area (TPSA) is 58.1 Å². The fraction of sp³-hybridized carbons (Fsp3) is 0.353. The minimum absolute atomic E-state index is 0.288. The molecule has 0 saturated carbocycles. The summed E-state index contributed by atoms with van der Waals surface area (Å²) in [5.74, 6) is 0.514. The van der Waals surface area contributed by atoms with Crippen LogP contribution in [0.5, 0.6) is 0 Å². The second-order valence-corrected chi connectivity index (χ2v) is 5.66. The van der Waals surface area contributed by atoms with Crippen LogP contribution in [0.15, 0.2) is 36.4 Å². The van der Waals surface area contributed by atoms with Crippen LogP contribution >= 0.6 is 11.6 Å². The maximum absolute atomic E-state index is 12.2. The van der Waals surface area contributed by atoms with Gasteiger partial charge in [0.25, 0.3) is 5.91 Å². The van der Waals surface area contributed by atoms with Gasteiger partial charge in [-0.3, -0.25) is 4.79 Å². The van der Waals surface area contributed by atoms with E-state index in [0.29, 0.717) is 10.7 Å². The van der Waals surface area contributed by atoms with E-state index in [2.05, 4.69) is 34.3 Å². The summed E-state index contributed by atoms with van der Waals surface area (Å²) in [7, 11) is 0. The molecule has 23 heavy (non-hydrogen) atoms. The highest BCUT2D eigenvalue weighted by Crippen LogP contribution is 2.15. The molecule has 0 atom stereocenters. The van der Waals surface area contributed by atoms with Gasteiger partial charge in [0.2, 0.25) is 0 Å². The minimum Gasteiger partial charge on any atom is -0.355 e. The van der Waals surface area contributed by atoms with Gasteiger partial charge >= 0.3 is 0 Å². The van der Waals surface area contributed by atoms with Gasteiger partial charge in [0.15, 0.2) is 11.5 Å². The lowest BCUT2D eigenvalue weighted by Crippen LogP contribution is -2.26. The number of nitrogens with zero attached hydrogens (tertiary/aromatic N) is 3. The highest BCUT2D eigenvalue weighted by molar-refractivity contribution is 6.30. The average Bonchev–Trinajstić information content (AvgIpc) is 2.57. The predicted molar refractivity (Wildman–Crippen MR) is 94.2 cm³/mol. The van der Waals surface area contributed by atoms with E-state index in [1.807, 2.05) is 6.07 Å². The zero-order valence-electron chi connectivity index (χ0n) is 13.4. The summed E-state index contributed by atoms with van der Waals surface area (Å²) in [4.78, 5) is 14.3. The molecule has 1 amide bonds. The number of anilines is 2. The number of amides is 1. The van der Waals surface area contributed by atoms with Gasteiger partial charge in [-0.25, -0.2) is 0 Å². The Morgan fingerprint density at radius 1 is 1.04 bits per heavy atom. The number of carbonyl (C=O) groups excluding carboxylic acids is 1. The Labute approximate surface area is 141 Å². The van der Waals surface area contributed by atoms with Gasteiger partial charge < -0.3 is 10.2 Å². The van der Waals surface area contributed by atoms with Crippen LogP contribution in [-0.2, 0) is 0 Å². The monoisotopic (exact) mass is 332 g/mol. The summed E-state index contributed by atoms with van der Waals surface area (Å²) >= 11 is 5.82. The largest absolute Gasteiger partial charge is 0.355 e. The molecule has 0 aliphatic carbocycles. The van der Waals surface area contributed by atoms with E-state index in [9.17, 15) is 4.79 Å². The molecule has 0 saturated heterocycles. The summed E-state index contributed by atoms with van der Waals surface area (Å²) < 4.78 is 0. The van der Waals surface area contributed by atoms with Gasteiger partial charge in [-0.05, 0) is 49.2 Å². The maximum atomic E-state index is 12.2. The summed E-state index contributed by atoms with van der Waals surface area (Å²) in [6, 6.07) is 10.5. The molecule has 122 valence electrons. The number of aromatic nitrogens is 2. The van der Waals surface area contributed by atoms with E-state index in [4.69, 9.17) is 11.6 Å². The highest BCUT2D eigenvalue weighted by Gasteiger charge is 2.11. The first-order valence-corrected chi connectivity index (χ1v) is 8.17. The molecule has 0 radical (unpaired) electrons. The van der Waals surface area contributed by atoms with Crippen molar-refractivity contribution >= 4 is 29.0 Å². The summed E-state index contributed by atoms with van der Waals surface area (Å²) in [5, 5.41) is 11.6. The second kappa shape index (κ2) is 8.48. The molecule has 1 aromatic heterocycles. The van der Waals surface area contributed by atoms with Crippen LogP contribution in [0.25, 0.3) is 0 Å². The lowest BCUT2D eigenvalue weighted by molar-refractivity contribution is 0.102. The van der Waals surface area contributed by atoms with E-state index in [1.165, 1.54) is 0 Å². The Kier molecular flexibility index (Phi) is 6.35. The van der Waals surface area contributed by atoms with Crippen molar-refractivity contribution in [3.05, 3.63) is 47.1 Å². The van der Waals surface area contributed by atoms with Crippen molar-refractivity contribution in [2.24, 2.45) is 0 Å². The van der Waals surface area contributed by atoms with Gasteiger partial charge in [0, 0.05) is 23.8 Å². The molecule has 0 spiro atoms. The molecule has 2 aromatic rings. The number of benzene rings is 1. The van der Waals surface area contributed by atoms with E-state index < -0.39 is 0 Å². The minimum atomic E-state index is -0.288. The predicted octanol–water partition coefficient (Wildman–Crippen LogP) is 4.01. The third-order valence-electron chi connectivity index (χ3n) is 3.30. The van der Waals surface area contributed by atoms with Crippen LogP contribution in [0.3, 0.4) is 0 Å². The molecule has 0 fully saturated rings. The summed E-state index contributed by atoms with van der Waals surface area (Å²) in [6.07, 6.45) is 2.08. The Morgan fingerprint density at radius 2 is 1.70 bits per heavy atom. The van der Waals surface area contributed by atoms with Crippen molar-refractivity contribution in [1.82, 2.24) is 10.2 Å². The second-order valence-electron chi connectivity index (χ2n) is 5.22. The van der Waals surface area contributed by atoms with Crippen molar-refractivity contribution in [1.29, 1.82) is 0 Å². The standard InChI is InChI=1S/C17H21ClN4O/c1-3-11-22(12-4-2)16-10-9-15(20-21-16)17(23)19-14-7-5-13(18)6-8-14/h5-10H,3-4,11-12H2,1-2H3,(H,19,23). The van der Waals surface area contributed by atoms with Crippen molar-refractivity contribution in [2.75, 3.05) is 23.3 Å². The lowest BCUT2D eigenvalue weighted by atomic mass is 10.3. The van der Waals surface area contributed by atoms with E-state index in [0.717, 1.165) is 31.7 Å². The molecule has 0 aliphatic rings. The number of hydrogen-bond donors (Lipinski definition) is 1. The zero-order valence-corrected chi connectivity index (χ0v) is 14.2. The molecule has 1 N–H and O–H groups in total. The number of hydrogen-bond acceptors (Lipinski definition) is 4. The zero-order chi connectivity index (χ0) is 16.7. The first kappa shape index (κ1) is 17.2. The van der Waals surface area contributed by atoms with Crippen molar-refractivity contribution in [3.63, 3.8) is 0 Å². The van der Waals surface area contributed by atoms with Crippen LogP contribution in [0.2, 0.25) is 5.02 Å². The highest BCUT2D eigenvalue weighted by atomic mass is 35.5. The van der Waals surface area contributed by atoms with E-state index in [1.54, 1.807) is 30.3 Å². The van der Waals surface area contributed by atoms with Crippen LogP contribution in [0.4, 0.5) is 11.5 Å². The molecule has 0 bridgehead atoms. The molecule has 6 heteroatoms. The third-order valence-corrected chi connectivity index (χ3v) is 3.55. The Balaban J connectivity index is 2.05. The van der Waals surface area contributed by atoms with E-state index in [-0.39, 0.29) is 11.6 Å². The van der Waals surface area contributed by atoms with Crippen molar-refractivity contribution in [2.45, 2.75) is 26.7 Å². The van der Waals surface area contributed by atoms with Crippen LogP contribution in [0, 0.1) is 0 Å². The first-order valence-electron chi connectivity index (χ1n) is 7.79. The number of carbonyl (C=O) groups is 1. The van der Waals surface area contributed by atoms with Crippen LogP contribution < -0.4 is 10.2 Å². The summed E-state index contributed by atoms with van der Waals surface area (Å²) in [5.41, 5.74) is 0.959. The van der Waals surface area contributed by atoms with Crippen LogP contribution in [0.1, 0.15) is 37.2 Å². The quantitative estimate of drug-likeness (QED) is 0.832. The average molecular weight is 333 g/mol. The third kappa shape index (κ3) is 4.93. The Bertz CT molecular complexity index is 622.